The fourth-order valence-electron chi connectivity index (χ4n) is 11.2. The largest absolute Gasteiger partial charge is 0.460 e. The van der Waals surface area contributed by atoms with Crippen molar-refractivity contribution in [3.05, 3.63) is 106 Å². The highest BCUT2D eigenvalue weighted by atomic mass is 35.5. The first-order valence-electron chi connectivity index (χ1n) is 45.1. The minimum atomic E-state index is -0.978. The molecule has 37 heteroatoms. The Balaban J connectivity index is -0.000000837. The first-order chi connectivity index (χ1) is 60.8. The lowest BCUT2D eigenvalue weighted by molar-refractivity contribution is -0.384. The molecule has 8 N–H and O–H groups in total. The zero-order valence-electron chi connectivity index (χ0n) is 84.8. The van der Waals surface area contributed by atoms with Gasteiger partial charge in [-0.15, -0.1) is 24.8 Å². The normalized spacial score (nSPS) is 12.9. The highest BCUT2D eigenvalue weighted by Gasteiger charge is 2.36. The third kappa shape index (κ3) is 77.2. The van der Waals surface area contributed by atoms with E-state index in [0.717, 1.165) is 30.4 Å². The maximum Gasteiger partial charge on any atom is 0.409 e. The van der Waals surface area contributed by atoms with E-state index in [9.17, 15) is 77.2 Å². The molecule has 0 saturated heterocycles. The van der Waals surface area contributed by atoms with E-state index in [1.165, 1.54) is 24.3 Å². The number of alkyl carbamates (subject to hydrolysis) is 2. The SMILES string of the molecule is CC(C)(C)OC(=O)CC[C@H](CC(=O)C[C@@H](CCCCN)C(=O)OC(C)(C)C)C(=O)OC(C)(C)C.CC(C)(C)OC(=O)CC[C@H](CC(=O)C[C@@H](CCCCNC(=O)OCc1ccccc1)C(=O)OC(C)(C)C)C(=O)OC(C)(C)C.CC(C)(C)OC(=O)CC[C@H](N)C(=O)OC(C)(C)C.CC(C)(C)OC(=O)[C@@H](N)CCCCNC(=O)OCc1ccccc1.Cl.Cl.O=C(Cl)Oc1ccc([N+](=O)[O-])cc1. The molecule has 0 spiro atoms. The van der Waals surface area contributed by atoms with E-state index in [1.807, 2.05) is 81.4 Å². The highest BCUT2D eigenvalue weighted by molar-refractivity contribution is 6.61. The number of carbonyl (C=O) groups excluding carboxylic acids is 14. The number of nitro groups is 1. The van der Waals surface area contributed by atoms with Gasteiger partial charge in [0.1, 0.15) is 93.0 Å². The molecule has 6 atom stereocenters. The molecule has 0 aliphatic rings. The standard InChI is InChI=1S/C34H53NO9.C26H47NO7.C18H28N2O4.C13H25NO4.C7H4ClNO4.2ClH/c1-32(2,3)42-28(37)19-18-26(30(39)44-34(7,8)9)22-27(36)21-25(29(38)43-33(4,5)6)17-13-14-20-35-31(40)41-23-24-15-11-10-12-16-24;1-24(2,3)32-21(29)14-13-19(23(31)34-26(7,8)9)17-20(28)16-18(12-10-11-15-27)22(30)33-25(4,5)6;1-18(2,3)24-16(21)15(19)11-7-8-12-20-17(22)23-13-14-9-5-4-6-10-14;1-12(2,3)17-10(15)8-7-9(14)11(16)18-13(4,5)6;8-7(10)13-6-3-1-5(2-4-6)9(11)12;;/h10-12,15-16,25-26H,13-14,17-23H2,1-9H3,(H,35,40);18-19H,10-17,27H2,1-9H3;4-6,9-10,15H,7-8,11-13,19H2,1-3H3,(H,20,22);9H,7-8,14H2,1-6H3;1-4H;2*1H/t25-,26-;18-,19-;15-;9-;;;/m1100.../s1. The van der Waals surface area contributed by atoms with Crippen LogP contribution in [0.25, 0.3) is 0 Å². The Bertz CT molecular complexity index is 4070. The van der Waals surface area contributed by atoms with Gasteiger partial charge >= 0.3 is 71.3 Å². The van der Waals surface area contributed by atoms with Crippen molar-refractivity contribution in [2.45, 2.75) is 385 Å². The number of Topliss-reactive ketones (excluding diaryl/α,β-unsaturated/α-hetero) is 2. The molecular weight excluding hydrogens is 1820 g/mol. The molecule has 2 amide bonds. The number of rotatable bonds is 43. The molecule has 0 aliphatic heterocycles. The lowest BCUT2D eigenvalue weighted by atomic mass is 9.90. The molecule has 0 saturated carbocycles. The fraction of sp³-hybridized carbons (Fsp3) is 0.673. The number of benzene rings is 3. The van der Waals surface area contributed by atoms with E-state index in [4.69, 9.17) is 80.9 Å². The summed E-state index contributed by atoms with van der Waals surface area (Å²) >= 11 is 4.92. The predicted octanol–water partition coefficient (Wildman–Crippen LogP) is 18.7. The summed E-state index contributed by atoms with van der Waals surface area (Å²) in [6.45, 7) is 49.4. The topological polar surface area (TPSA) is 495 Å². The number of unbranched alkanes of at least 4 members (excludes halogenated alkanes) is 3. The van der Waals surface area contributed by atoms with Gasteiger partial charge < -0.3 is 84.7 Å². The minimum absolute atomic E-state index is 0. The van der Waals surface area contributed by atoms with Crippen molar-refractivity contribution in [1.29, 1.82) is 0 Å². The Labute approximate surface area is 817 Å². The molecule has 0 aliphatic carbocycles. The number of ether oxygens (including phenoxy) is 12. The second-order valence-corrected chi connectivity index (χ2v) is 41.1. The number of amides is 2. The molecule has 0 aromatic heterocycles. The summed E-state index contributed by atoms with van der Waals surface area (Å²) in [5.41, 5.74) is 11.9. The van der Waals surface area contributed by atoms with Gasteiger partial charge in [0.05, 0.1) is 28.6 Å². The zero-order valence-corrected chi connectivity index (χ0v) is 87.2. The third-order valence-electron chi connectivity index (χ3n) is 16.7. The average molecular weight is 1980 g/mol. The first-order valence-corrected chi connectivity index (χ1v) is 45.5. The summed E-state index contributed by atoms with van der Waals surface area (Å²) in [7, 11) is 0. The molecule has 3 aromatic rings. The Hall–Kier alpha value is -9.61. The van der Waals surface area contributed by atoms with Crippen molar-refractivity contribution in [3.8, 4) is 5.75 Å². The number of nitrogens with zero attached hydrogens (tertiary/aromatic N) is 1. The highest BCUT2D eigenvalue weighted by Crippen LogP contribution is 2.29. The van der Waals surface area contributed by atoms with Crippen molar-refractivity contribution in [2.24, 2.45) is 40.9 Å². The number of halogens is 3. The van der Waals surface area contributed by atoms with Crippen LogP contribution >= 0.6 is 36.4 Å². The molecule has 0 fully saturated rings. The summed E-state index contributed by atoms with van der Waals surface area (Å²) in [6.07, 6.45) is 4.39. The van der Waals surface area contributed by atoms with E-state index in [-0.39, 0.29) is 131 Å². The van der Waals surface area contributed by atoms with Crippen molar-refractivity contribution < 1.29 is 129 Å². The molecule has 3 aromatic carbocycles. The summed E-state index contributed by atoms with van der Waals surface area (Å²) in [4.78, 5) is 180. The van der Waals surface area contributed by atoms with Crippen molar-refractivity contribution in [1.82, 2.24) is 10.6 Å². The number of esters is 9. The predicted molar refractivity (Wildman–Crippen MR) is 518 cm³/mol. The van der Waals surface area contributed by atoms with Crippen LogP contribution < -0.4 is 32.6 Å². The number of ketones is 2. The van der Waals surface area contributed by atoms with Crippen LogP contribution in [-0.4, -0.2) is 170 Å². The van der Waals surface area contributed by atoms with E-state index >= 15 is 0 Å². The second-order valence-electron chi connectivity index (χ2n) is 40.8. The van der Waals surface area contributed by atoms with E-state index in [2.05, 4.69) is 15.4 Å². The third-order valence-corrected chi connectivity index (χ3v) is 16.8. The summed E-state index contributed by atoms with van der Waals surface area (Å²) in [5.74, 6) is -7.57. The van der Waals surface area contributed by atoms with Crippen LogP contribution in [-0.2, 0) is 118 Å². The van der Waals surface area contributed by atoms with Gasteiger partial charge in [0.2, 0.25) is 0 Å². The van der Waals surface area contributed by atoms with E-state index in [1.54, 1.807) is 166 Å². The molecule has 0 radical (unpaired) electrons. The van der Waals surface area contributed by atoms with E-state index < -0.39 is 156 Å². The number of hydrogen-bond donors (Lipinski definition) is 5. The van der Waals surface area contributed by atoms with Gasteiger partial charge in [0.25, 0.3) is 5.69 Å². The Morgan fingerprint density at radius 2 is 0.607 bits per heavy atom. The molecular formula is C98H159Cl3N6O28. The lowest BCUT2D eigenvalue weighted by Gasteiger charge is -2.25. The molecule has 34 nitrogen and oxygen atoms in total. The molecule has 3 rings (SSSR count). The first kappa shape index (κ1) is 132. The number of hydrogen-bond acceptors (Lipinski definition) is 31. The van der Waals surface area contributed by atoms with Crippen molar-refractivity contribution in [2.75, 3.05) is 19.6 Å². The Kier molecular flexibility index (Phi) is 62.9. The minimum Gasteiger partial charge on any atom is -0.460 e. The number of nitrogens with two attached hydrogens (primary N) is 3. The van der Waals surface area contributed by atoms with Gasteiger partial charge in [0.15, 0.2) is 0 Å². The monoisotopic (exact) mass is 1970 g/mol. The number of carbonyl (C=O) groups is 14. The summed E-state index contributed by atoms with van der Waals surface area (Å²) in [5, 5.41) is 15.6. The van der Waals surface area contributed by atoms with Crippen LogP contribution in [0.15, 0.2) is 84.9 Å². The van der Waals surface area contributed by atoms with Gasteiger partial charge in [-0.1, -0.05) is 73.5 Å². The van der Waals surface area contributed by atoms with Gasteiger partial charge in [-0.05, 0) is 281 Å². The number of nitro benzene ring substituents is 1. The van der Waals surface area contributed by atoms with Crippen LogP contribution in [0.5, 0.6) is 5.75 Å². The molecule has 0 unspecified atom stereocenters. The molecule has 135 heavy (non-hydrogen) atoms. The van der Waals surface area contributed by atoms with Crippen LogP contribution in [0.2, 0.25) is 0 Å². The quantitative estimate of drug-likeness (QED) is 0.00877. The lowest BCUT2D eigenvalue weighted by Crippen LogP contribution is -2.38. The van der Waals surface area contributed by atoms with Crippen molar-refractivity contribution >= 4 is 125 Å². The Morgan fingerprint density at radius 3 is 0.881 bits per heavy atom. The molecule has 770 valence electrons. The molecule has 0 heterocycles. The van der Waals surface area contributed by atoms with Crippen LogP contribution in [0, 0.1) is 33.8 Å². The van der Waals surface area contributed by atoms with E-state index in [0.29, 0.717) is 58.2 Å². The summed E-state index contributed by atoms with van der Waals surface area (Å²) in [6, 6.07) is 22.4. The smallest absolute Gasteiger partial charge is 0.409 e. The van der Waals surface area contributed by atoms with Gasteiger partial charge in [-0.2, -0.15) is 0 Å². The van der Waals surface area contributed by atoms with Gasteiger partial charge in [0, 0.05) is 81.8 Å². The van der Waals surface area contributed by atoms with Crippen LogP contribution in [0.4, 0.5) is 20.1 Å². The fourth-order valence-corrected chi connectivity index (χ4v) is 11.3. The molecule has 0 bridgehead atoms. The maximum atomic E-state index is 13.2. The number of nitrogens with one attached hydrogen (secondary N) is 2. The van der Waals surface area contributed by atoms with Crippen LogP contribution in [0.3, 0.4) is 0 Å². The van der Waals surface area contributed by atoms with Crippen molar-refractivity contribution in [3.63, 3.8) is 0 Å². The van der Waals surface area contributed by atoms with Gasteiger partial charge in [-0.3, -0.25) is 62.9 Å². The number of non-ortho nitro benzene ring substituents is 1. The second kappa shape index (κ2) is 64.5. The van der Waals surface area contributed by atoms with Gasteiger partial charge in [-0.25, -0.2) is 14.4 Å². The Morgan fingerprint density at radius 1 is 0.348 bits per heavy atom. The summed E-state index contributed by atoms with van der Waals surface area (Å²) < 4.78 is 63.0. The zero-order chi connectivity index (χ0) is 103. The average Bonchev–Trinajstić information content (AvgIpc) is 0.704. The maximum absolute atomic E-state index is 13.2. The van der Waals surface area contributed by atoms with Crippen LogP contribution in [0.1, 0.15) is 320 Å².